The molecule has 1 aliphatic heterocycles. The van der Waals surface area contributed by atoms with E-state index in [0.717, 1.165) is 11.4 Å². The number of halogens is 1. The van der Waals surface area contributed by atoms with Gasteiger partial charge in [-0.3, -0.25) is 14.5 Å². The number of rotatable bonds is 2. The molecule has 156 valence electrons. The molecule has 3 aromatic rings. The van der Waals surface area contributed by atoms with Gasteiger partial charge in [0.1, 0.15) is 17.6 Å². The Balaban J connectivity index is 1.76. The van der Waals surface area contributed by atoms with Crippen molar-refractivity contribution in [2.24, 2.45) is 5.92 Å². The number of carbonyl (C=O) groups excluding carboxylic acids is 2. The summed E-state index contributed by atoms with van der Waals surface area (Å²) in [5.41, 5.74) is 3.05. The zero-order chi connectivity index (χ0) is 21.5. The number of carbonyl (C=O) groups is 2. The van der Waals surface area contributed by atoms with Gasteiger partial charge in [-0.2, -0.15) is 0 Å². The molecule has 0 fully saturated rings. The third-order valence-electron chi connectivity index (χ3n) is 5.82. The fourth-order valence-electron chi connectivity index (χ4n) is 4.46. The zero-order valence-electron chi connectivity index (χ0n) is 17.0. The van der Waals surface area contributed by atoms with Crippen molar-refractivity contribution in [3.05, 3.63) is 95.3 Å². The summed E-state index contributed by atoms with van der Waals surface area (Å²) in [4.78, 5) is 28.6. The number of nitrogens with one attached hydrogen (secondary N) is 1. The summed E-state index contributed by atoms with van der Waals surface area (Å²) in [6.07, 6.45) is 2.65. The van der Waals surface area contributed by atoms with Gasteiger partial charge in [-0.05, 0) is 60.9 Å². The summed E-state index contributed by atoms with van der Waals surface area (Å²) in [7, 11) is 0. The molecule has 0 unspecified atom stereocenters. The normalized spacial score (nSPS) is 20.6. The van der Waals surface area contributed by atoms with E-state index in [1.807, 2.05) is 31.2 Å². The number of anilines is 2. The summed E-state index contributed by atoms with van der Waals surface area (Å²) in [5, 5.41) is 3.42. The van der Waals surface area contributed by atoms with E-state index >= 15 is 0 Å². The van der Waals surface area contributed by atoms with E-state index in [-0.39, 0.29) is 17.6 Å². The quantitative estimate of drug-likeness (QED) is 0.600. The van der Waals surface area contributed by atoms with Gasteiger partial charge in [-0.25, -0.2) is 4.39 Å². The van der Waals surface area contributed by atoms with Crippen LogP contribution in [0.3, 0.4) is 0 Å². The van der Waals surface area contributed by atoms with Gasteiger partial charge >= 0.3 is 0 Å². The lowest BCUT2D eigenvalue weighted by atomic mass is 9.83. The molecule has 1 amide bonds. The second kappa shape index (κ2) is 7.54. The SMILES string of the molecule is C[C@@H]1CC(=O)C2=C(C1)Nc1ccccc1N(C(=O)c1ccc(F)cc1)[C@H]2c1ccco1. The molecular formula is C25H21FN2O3. The van der Waals surface area contributed by atoms with Crippen LogP contribution < -0.4 is 10.2 Å². The van der Waals surface area contributed by atoms with Gasteiger partial charge in [-0.1, -0.05) is 19.1 Å². The summed E-state index contributed by atoms with van der Waals surface area (Å²) in [6, 6.07) is 15.7. The van der Waals surface area contributed by atoms with Gasteiger partial charge in [-0.15, -0.1) is 0 Å². The highest BCUT2D eigenvalue weighted by Crippen LogP contribution is 2.46. The number of hydrogen-bond acceptors (Lipinski definition) is 4. The van der Waals surface area contributed by atoms with Crippen LogP contribution in [0.15, 0.2) is 82.6 Å². The maximum atomic E-state index is 13.8. The molecule has 1 aromatic heterocycles. The molecule has 31 heavy (non-hydrogen) atoms. The van der Waals surface area contributed by atoms with Crippen LogP contribution in [0.5, 0.6) is 0 Å². The van der Waals surface area contributed by atoms with Gasteiger partial charge in [0.05, 0.1) is 17.6 Å². The smallest absolute Gasteiger partial charge is 0.259 e. The van der Waals surface area contributed by atoms with Crippen molar-refractivity contribution in [2.75, 3.05) is 10.2 Å². The highest BCUT2D eigenvalue weighted by molar-refractivity contribution is 6.11. The molecule has 2 aliphatic rings. The van der Waals surface area contributed by atoms with Crippen molar-refractivity contribution in [2.45, 2.75) is 25.8 Å². The van der Waals surface area contributed by atoms with Crippen molar-refractivity contribution >= 4 is 23.1 Å². The molecule has 2 aromatic carbocycles. The first-order valence-electron chi connectivity index (χ1n) is 10.3. The van der Waals surface area contributed by atoms with Crippen molar-refractivity contribution in [3.63, 3.8) is 0 Å². The van der Waals surface area contributed by atoms with Crippen molar-refractivity contribution in [1.29, 1.82) is 0 Å². The van der Waals surface area contributed by atoms with Crippen LogP contribution in [0.25, 0.3) is 0 Å². The van der Waals surface area contributed by atoms with Gasteiger partial charge < -0.3 is 9.73 Å². The van der Waals surface area contributed by atoms with Crippen molar-refractivity contribution in [3.8, 4) is 0 Å². The second-order valence-electron chi connectivity index (χ2n) is 8.07. The molecule has 0 radical (unpaired) electrons. The largest absolute Gasteiger partial charge is 0.467 e. The minimum absolute atomic E-state index is 0.00707. The summed E-state index contributed by atoms with van der Waals surface area (Å²) < 4.78 is 19.2. The lowest BCUT2D eigenvalue weighted by molar-refractivity contribution is -0.117. The Morgan fingerprint density at radius 2 is 1.84 bits per heavy atom. The molecule has 1 N–H and O–H groups in total. The van der Waals surface area contributed by atoms with Crippen LogP contribution >= 0.6 is 0 Å². The van der Waals surface area contributed by atoms with E-state index in [2.05, 4.69) is 5.32 Å². The zero-order valence-corrected chi connectivity index (χ0v) is 17.0. The van der Waals surface area contributed by atoms with Gasteiger partial charge in [0.25, 0.3) is 5.91 Å². The summed E-state index contributed by atoms with van der Waals surface area (Å²) in [5.74, 6) is -0.0615. The minimum atomic E-state index is -0.723. The van der Waals surface area contributed by atoms with Crippen LogP contribution in [0.2, 0.25) is 0 Å². The average molecular weight is 416 g/mol. The molecule has 2 heterocycles. The van der Waals surface area contributed by atoms with Crippen LogP contribution in [0.1, 0.15) is 41.9 Å². The first-order valence-corrected chi connectivity index (χ1v) is 10.3. The summed E-state index contributed by atoms with van der Waals surface area (Å²) in [6.45, 7) is 2.05. The number of para-hydroxylation sites is 2. The number of allylic oxidation sites excluding steroid dienone is 1. The molecule has 5 rings (SSSR count). The van der Waals surface area contributed by atoms with Crippen LogP contribution in [0, 0.1) is 11.7 Å². The van der Waals surface area contributed by atoms with Crippen LogP contribution in [-0.4, -0.2) is 11.7 Å². The molecular weight excluding hydrogens is 395 g/mol. The van der Waals surface area contributed by atoms with E-state index in [1.165, 1.54) is 30.5 Å². The number of nitrogens with zero attached hydrogens (tertiary/aromatic N) is 1. The highest BCUT2D eigenvalue weighted by atomic mass is 19.1. The maximum Gasteiger partial charge on any atom is 0.259 e. The van der Waals surface area contributed by atoms with E-state index in [4.69, 9.17) is 4.42 Å². The van der Waals surface area contributed by atoms with Gasteiger partial charge in [0, 0.05) is 23.3 Å². The second-order valence-corrected chi connectivity index (χ2v) is 8.07. The number of ketones is 1. The Morgan fingerprint density at radius 3 is 2.58 bits per heavy atom. The highest BCUT2D eigenvalue weighted by Gasteiger charge is 2.42. The number of benzene rings is 2. The molecule has 0 spiro atoms. The fraction of sp³-hybridized carbons (Fsp3) is 0.200. The third-order valence-corrected chi connectivity index (χ3v) is 5.82. The van der Waals surface area contributed by atoms with Crippen LogP contribution in [0.4, 0.5) is 15.8 Å². The molecule has 0 saturated heterocycles. The third kappa shape index (κ3) is 3.34. The molecule has 0 saturated carbocycles. The summed E-state index contributed by atoms with van der Waals surface area (Å²) >= 11 is 0. The average Bonchev–Trinajstić information content (AvgIpc) is 3.23. The molecule has 1 aliphatic carbocycles. The maximum absolute atomic E-state index is 13.8. The van der Waals surface area contributed by atoms with E-state index in [9.17, 15) is 14.0 Å². The van der Waals surface area contributed by atoms with E-state index in [0.29, 0.717) is 35.4 Å². The lowest BCUT2D eigenvalue weighted by Crippen LogP contribution is -2.38. The first-order chi connectivity index (χ1) is 15.0. The monoisotopic (exact) mass is 416 g/mol. The predicted octanol–water partition coefficient (Wildman–Crippen LogP) is 5.49. The number of amides is 1. The Labute approximate surface area is 179 Å². The van der Waals surface area contributed by atoms with Gasteiger partial charge in [0.15, 0.2) is 5.78 Å². The predicted molar refractivity (Wildman–Crippen MR) is 115 cm³/mol. The Hall–Kier alpha value is -3.67. The van der Waals surface area contributed by atoms with E-state index in [1.54, 1.807) is 17.0 Å². The molecule has 2 atom stereocenters. The Morgan fingerprint density at radius 1 is 1.06 bits per heavy atom. The number of hydrogen-bond donors (Lipinski definition) is 1. The standard InChI is InChI=1S/C25H21FN2O3/c1-15-13-19-23(21(29)14-15)24(22-7-4-12-31-22)28(20-6-3-2-5-18(20)27-19)25(30)16-8-10-17(26)11-9-16/h2-12,15,24,27H,13-14H2,1H3/t15-,24-/m0/s1. The molecule has 0 bridgehead atoms. The number of fused-ring (bicyclic) bond motifs is 1. The lowest BCUT2D eigenvalue weighted by Gasteiger charge is -2.33. The van der Waals surface area contributed by atoms with Gasteiger partial charge in [0.2, 0.25) is 0 Å². The topological polar surface area (TPSA) is 62.6 Å². The van der Waals surface area contributed by atoms with Crippen LogP contribution in [-0.2, 0) is 4.79 Å². The Bertz CT molecular complexity index is 1180. The minimum Gasteiger partial charge on any atom is -0.467 e. The Kier molecular flexibility index (Phi) is 4.70. The molecule has 5 nitrogen and oxygen atoms in total. The first kappa shape index (κ1) is 19.3. The number of Topliss-reactive ketones (excluding diaryl/α,β-unsaturated/α-hetero) is 1. The fourth-order valence-corrected chi connectivity index (χ4v) is 4.46. The molecule has 6 heteroatoms. The van der Waals surface area contributed by atoms with Crippen molar-refractivity contribution in [1.82, 2.24) is 0 Å². The van der Waals surface area contributed by atoms with E-state index < -0.39 is 11.9 Å². The number of furan rings is 1. The van der Waals surface area contributed by atoms with Crippen molar-refractivity contribution < 1.29 is 18.4 Å².